The quantitative estimate of drug-likeness (QED) is 0.0971. The molecule has 1 heterocycles. The van der Waals surface area contributed by atoms with Gasteiger partial charge in [-0.15, -0.1) is 0 Å². The van der Waals surface area contributed by atoms with Gasteiger partial charge in [-0.2, -0.15) is 0 Å². The highest BCUT2D eigenvalue weighted by atomic mass is 16.7. The number of rotatable bonds is 17. The molecule has 1 aromatic carbocycles. The first-order chi connectivity index (χ1) is 22.6. The van der Waals surface area contributed by atoms with Gasteiger partial charge in [0.1, 0.15) is 29.9 Å². The van der Waals surface area contributed by atoms with E-state index in [9.17, 15) is 19.2 Å². The molecule has 1 aliphatic rings. The second-order valence-electron chi connectivity index (χ2n) is 15.5. The molecule has 1 saturated heterocycles. The third kappa shape index (κ3) is 14.6. The van der Waals surface area contributed by atoms with E-state index < -0.39 is 71.6 Å². The number of unbranched alkanes of at least 4 members (excludes halogenated alkanes) is 1. The number of amides is 3. The molecule has 0 bridgehead atoms. The second-order valence-corrected chi connectivity index (χ2v) is 15.5. The fourth-order valence-electron chi connectivity index (χ4n) is 5.20. The average Bonchev–Trinajstić information content (AvgIpc) is 3.19. The maximum Gasteiger partial charge on any atom is 0.457 e. The van der Waals surface area contributed by atoms with Gasteiger partial charge in [-0.1, -0.05) is 50.1 Å². The highest BCUT2D eigenvalue weighted by Crippen LogP contribution is 2.38. The first-order valence-corrected chi connectivity index (χ1v) is 17.5. The zero-order chi connectivity index (χ0) is 37.0. The molecule has 13 heteroatoms. The van der Waals surface area contributed by atoms with E-state index in [2.05, 4.69) is 22.9 Å². The van der Waals surface area contributed by atoms with Crippen molar-refractivity contribution in [1.82, 2.24) is 16.0 Å². The first kappa shape index (κ1) is 41.9. The number of carbonyl (C=O) groups excluding carboxylic acids is 4. The van der Waals surface area contributed by atoms with Crippen LogP contribution in [0.3, 0.4) is 0 Å². The summed E-state index contributed by atoms with van der Waals surface area (Å²) >= 11 is 0. The number of benzene rings is 1. The zero-order valence-electron chi connectivity index (χ0n) is 31.5. The molecule has 0 aromatic heterocycles. The van der Waals surface area contributed by atoms with Crippen LogP contribution in [0, 0.1) is 5.92 Å². The standard InChI is InChI=1S/C36H60BN3O9/c1-12-13-21-34(6,7)46-30(42)28(40-31(43)45-24-26-18-15-14-16-19-26)27(20-17-22-37-48-35(8,9)36(10,11)49-37)23-38-29(41)25(2)39-32(44)47-33(3,4)5/h14-16,18-19,25,27-28H,12-13,17,20-24H2,1-11H3,(H,38,41)(H,39,44)(H,40,43)/t25-,27+,28-/m0/s1. The van der Waals surface area contributed by atoms with Gasteiger partial charge < -0.3 is 39.5 Å². The molecule has 3 N–H and O–H groups in total. The molecule has 1 fully saturated rings. The van der Waals surface area contributed by atoms with Crippen LogP contribution in [0.25, 0.3) is 0 Å². The highest BCUT2D eigenvalue weighted by Gasteiger charge is 2.50. The van der Waals surface area contributed by atoms with E-state index >= 15 is 0 Å². The molecule has 0 unspecified atom stereocenters. The summed E-state index contributed by atoms with van der Waals surface area (Å²) in [5.41, 5.74) is -1.73. The van der Waals surface area contributed by atoms with Crippen LogP contribution in [0.2, 0.25) is 6.32 Å². The molecular weight excluding hydrogens is 629 g/mol. The highest BCUT2D eigenvalue weighted by molar-refractivity contribution is 6.45. The Morgan fingerprint density at radius 3 is 2.06 bits per heavy atom. The molecular formula is C36H60BN3O9. The minimum atomic E-state index is -1.16. The molecule has 12 nitrogen and oxygen atoms in total. The SMILES string of the molecule is CCCCC(C)(C)OC(=O)[C@@H](NC(=O)OCc1ccccc1)[C@H](CCCB1OC(C)(C)C(C)(C)O1)CNC(=O)[C@H](C)NC(=O)OC(C)(C)C. The topological polar surface area (TPSA) is 151 Å². The van der Waals surface area contributed by atoms with E-state index in [0.29, 0.717) is 25.6 Å². The molecule has 3 atom stereocenters. The van der Waals surface area contributed by atoms with Gasteiger partial charge in [0, 0.05) is 12.5 Å². The minimum absolute atomic E-state index is 0.00331. The number of alkyl carbamates (subject to hydrolysis) is 2. The van der Waals surface area contributed by atoms with Gasteiger partial charge in [-0.25, -0.2) is 14.4 Å². The van der Waals surface area contributed by atoms with E-state index in [1.165, 1.54) is 6.92 Å². The lowest BCUT2D eigenvalue weighted by atomic mass is 9.80. The average molecular weight is 690 g/mol. The third-order valence-electron chi connectivity index (χ3n) is 8.70. The Bertz CT molecular complexity index is 1220. The molecule has 3 amide bonds. The maximum absolute atomic E-state index is 13.9. The van der Waals surface area contributed by atoms with Gasteiger partial charge in [0.25, 0.3) is 0 Å². The van der Waals surface area contributed by atoms with E-state index in [1.54, 1.807) is 20.8 Å². The fraction of sp³-hybridized carbons (Fsp3) is 0.722. The van der Waals surface area contributed by atoms with E-state index in [1.807, 2.05) is 71.9 Å². The smallest absolute Gasteiger partial charge is 0.457 e. The number of carbonyl (C=O) groups is 4. The van der Waals surface area contributed by atoms with Crippen LogP contribution in [0.1, 0.15) is 114 Å². The Hall–Kier alpha value is -3.32. The number of hydrogen-bond donors (Lipinski definition) is 3. The summed E-state index contributed by atoms with van der Waals surface area (Å²) in [5, 5.41) is 8.12. The van der Waals surface area contributed by atoms with E-state index in [-0.39, 0.29) is 13.2 Å². The van der Waals surface area contributed by atoms with E-state index in [0.717, 1.165) is 18.4 Å². The van der Waals surface area contributed by atoms with Crippen LogP contribution >= 0.6 is 0 Å². The summed E-state index contributed by atoms with van der Waals surface area (Å²) in [4.78, 5) is 52.5. The third-order valence-corrected chi connectivity index (χ3v) is 8.70. The Labute approximate surface area is 293 Å². The lowest BCUT2D eigenvalue weighted by Crippen LogP contribution is -2.53. The predicted molar refractivity (Wildman–Crippen MR) is 189 cm³/mol. The molecule has 0 spiro atoms. The number of esters is 1. The summed E-state index contributed by atoms with van der Waals surface area (Å²) < 4.78 is 29.1. The predicted octanol–water partition coefficient (Wildman–Crippen LogP) is 6.31. The van der Waals surface area contributed by atoms with Gasteiger partial charge in [-0.3, -0.25) is 4.79 Å². The van der Waals surface area contributed by atoms with Crippen LogP contribution < -0.4 is 16.0 Å². The Morgan fingerprint density at radius 2 is 1.49 bits per heavy atom. The van der Waals surface area contributed by atoms with Crippen molar-refractivity contribution in [2.75, 3.05) is 6.54 Å². The summed E-state index contributed by atoms with van der Waals surface area (Å²) in [6.07, 6.45) is 2.37. The number of ether oxygens (including phenoxy) is 3. The molecule has 49 heavy (non-hydrogen) atoms. The van der Waals surface area contributed by atoms with Gasteiger partial charge in [-0.05, 0) is 100 Å². The van der Waals surface area contributed by atoms with Gasteiger partial charge in [0.15, 0.2) is 0 Å². The number of nitrogens with one attached hydrogen (secondary N) is 3. The van der Waals surface area contributed by atoms with E-state index in [4.69, 9.17) is 23.5 Å². The van der Waals surface area contributed by atoms with Crippen LogP contribution in [0.15, 0.2) is 30.3 Å². The van der Waals surface area contributed by atoms with Crippen molar-refractivity contribution in [1.29, 1.82) is 0 Å². The first-order valence-electron chi connectivity index (χ1n) is 17.5. The van der Waals surface area contributed by atoms with Crippen LogP contribution in [0.5, 0.6) is 0 Å². The van der Waals surface area contributed by atoms with Crippen LogP contribution in [0.4, 0.5) is 9.59 Å². The molecule has 0 aliphatic carbocycles. The Morgan fingerprint density at radius 1 is 0.878 bits per heavy atom. The summed E-state index contributed by atoms with van der Waals surface area (Å²) in [6.45, 7) is 20.4. The van der Waals surface area contributed by atoms with Crippen LogP contribution in [-0.2, 0) is 39.7 Å². The van der Waals surface area contributed by atoms with Crippen molar-refractivity contribution < 1.29 is 42.7 Å². The summed E-state index contributed by atoms with van der Waals surface area (Å²) in [6, 6.07) is 7.12. The van der Waals surface area contributed by atoms with Gasteiger partial charge in [0.2, 0.25) is 5.91 Å². The maximum atomic E-state index is 13.9. The Balaban J connectivity index is 2.28. The fourth-order valence-corrected chi connectivity index (χ4v) is 5.20. The normalized spacial score (nSPS) is 17.3. The largest absolute Gasteiger partial charge is 0.458 e. The van der Waals surface area contributed by atoms with Crippen LogP contribution in [-0.4, -0.2) is 72.2 Å². The molecule has 0 radical (unpaired) electrons. The lowest BCUT2D eigenvalue weighted by Gasteiger charge is -2.32. The molecule has 276 valence electrons. The molecule has 1 aliphatic heterocycles. The monoisotopic (exact) mass is 689 g/mol. The van der Waals surface area contributed by atoms with Crippen molar-refractivity contribution >= 4 is 31.2 Å². The van der Waals surface area contributed by atoms with Gasteiger partial charge >= 0.3 is 25.3 Å². The molecule has 1 aromatic rings. The van der Waals surface area contributed by atoms with Gasteiger partial charge in [0.05, 0.1) is 11.2 Å². The lowest BCUT2D eigenvalue weighted by molar-refractivity contribution is -0.161. The molecule has 0 saturated carbocycles. The summed E-state index contributed by atoms with van der Waals surface area (Å²) in [7, 11) is -0.458. The number of hydrogen-bond acceptors (Lipinski definition) is 9. The summed E-state index contributed by atoms with van der Waals surface area (Å²) in [5.74, 6) is -1.73. The van der Waals surface area contributed by atoms with Crippen molar-refractivity contribution in [3.8, 4) is 0 Å². The Kier molecular flexibility index (Phi) is 15.4. The zero-order valence-corrected chi connectivity index (χ0v) is 31.5. The minimum Gasteiger partial charge on any atom is -0.458 e. The van der Waals surface area contributed by atoms with Crippen molar-refractivity contribution in [3.05, 3.63) is 35.9 Å². The second kappa shape index (κ2) is 18.1. The van der Waals surface area contributed by atoms with Crippen molar-refractivity contribution in [2.24, 2.45) is 5.92 Å². The molecule has 2 rings (SSSR count). The van der Waals surface area contributed by atoms with Crippen molar-refractivity contribution in [2.45, 2.75) is 156 Å². The van der Waals surface area contributed by atoms with Crippen molar-refractivity contribution in [3.63, 3.8) is 0 Å².